The van der Waals surface area contributed by atoms with E-state index in [0.717, 1.165) is 53.6 Å². The second-order valence-corrected chi connectivity index (χ2v) is 14.7. The molecule has 0 spiro atoms. The minimum atomic E-state index is -0.939. The fourth-order valence-corrected chi connectivity index (χ4v) is 8.34. The first-order valence-electron chi connectivity index (χ1n) is 17.6. The molecule has 1 saturated carbocycles. The molecule has 2 aliphatic heterocycles. The van der Waals surface area contributed by atoms with E-state index in [1.54, 1.807) is 24.1 Å². The number of aromatic nitrogens is 1. The van der Waals surface area contributed by atoms with Crippen molar-refractivity contribution in [1.29, 1.82) is 0 Å². The van der Waals surface area contributed by atoms with Gasteiger partial charge in [-0.2, -0.15) is 5.48 Å². The SMILES string of the molecule is COc1ccc2nc(O[C@@H]3C[C@H]4C(=O)C[C@]5(C(=O)NOc6ccccc6)C[C@H]5/C=C\CCCCC[C@H](Cc5ccccc5)C(=O)N4C3)sc2c1. The molecular formula is C40H43N3O6S. The third-order valence-electron chi connectivity index (χ3n) is 10.3. The number of ketones is 1. The predicted octanol–water partition coefficient (Wildman–Crippen LogP) is 7.11. The van der Waals surface area contributed by atoms with Gasteiger partial charge in [0.15, 0.2) is 11.5 Å². The van der Waals surface area contributed by atoms with Crippen molar-refractivity contribution in [3.63, 3.8) is 0 Å². The molecule has 10 heteroatoms. The smallest absolute Gasteiger partial charge is 0.274 e. The summed E-state index contributed by atoms with van der Waals surface area (Å²) >= 11 is 1.42. The fourth-order valence-electron chi connectivity index (χ4n) is 7.43. The molecule has 1 aliphatic carbocycles. The summed E-state index contributed by atoms with van der Waals surface area (Å²) in [6, 6.07) is 24.1. The number of thiazole rings is 1. The minimum absolute atomic E-state index is 0.0113. The normalized spacial score (nSPS) is 26.2. The summed E-state index contributed by atoms with van der Waals surface area (Å²) < 4.78 is 12.7. The number of carbonyl (C=O) groups excluding carboxylic acids is 3. The molecule has 2 amide bonds. The number of methoxy groups -OCH3 is 1. The molecule has 1 aromatic heterocycles. The third-order valence-corrected chi connectivity index (χ3v) is 11.2. The lowest BCUT2D eigenvalue weighted by molar-refractivity contribution is -0.143. The highest BCUT2D eigenvalue weighted by Crippen LogP contribution is 2.57. The van der Waals surface area contributed by atoms with Crippen molar-refractivity contribution < 1.29 is 28.7 Å². The van der Waals surface area contributed by atoms with E-state index < -0.39 is 17.6 Å². The number of hydrogen-bond acceptors (Lipinski definition) is 8. The standard InChI is InChI=1S/C40H43N3O6S/c1-47-31-19-20-33-36(23-31)50-39(41-33)48-32-22-34-35(44)25-40(38(46)42-49-30-17-11-6-12-18-30)24-29(40)16-10-4-2-3-9-15-28(37(45)43(34)26-32)21-27-13-7-5-8-14-27/h5-8,10-14,16-20,23,28-29,32,34H,2-4,9,15,21-22,24-26H2,1H3,(H,42,46)/b16-10-/t28-,29-,32-,34+,40-/m1/s1. The van der Waals surface area contributed by atoms with Gasteiger partial charge in [-0.15, -0.1) is 0 Å². The van der Waals surface area contributed by atoms with Crippen molar-refractivity contribution in [2.24, 2.45) is 17.3 Å². The molecule has 3 aliphatic rings. The van der Waals surface area contributed by atoms with Crippen molar-refractivity contribution >= 4 is 39.2 Å². The highest BCUT2D eigenvalue weighted by atomic mass is 32.1. The lowest BCUT2D eigenvalue weighted by Gasteiger charge is -2.29. The number of Topliss-reactive ketones (excluding diaryl/α,β-unsaturated/α-hetero) is 1. The first-order valence-corrected chi connectivity index (χ1v) is 18.4. The molecule has 4 aromatic rings. The summed E-state index contributed by atoms with van der Waals surface area (Å²) in [6.45, 7) is 0.277. The summed E-state index contributed by atoms with van der Waals surface area (Å²) in [5.41, 5.74) is 3.59. The molecule has 0 unspecified atom stereocenters. The second kappa shape index (κ2) is 15.0. The number of nitrogens with zero attached hydrogens (tertiary/aromatic N) is 2. The van der Waals surface area contributed by atoms with E-state index in [9.17, 15) is 14.4 Å². The van der Waals surface area contributed by atoms with E-state index in [2.05, 4.69) is 34.7 Å². The number of carbonyl (C=O) groups is 3. The Kier molecular flexibility index (Phi) is 10.2. The zero-order chi connectivity index (χ0) is 34.5. The number of amides is 2. The molecule has 2 fully saturated rings. The van der Waals surface area contributed by atoms with Crippen LogP contribution < -0.4 is 19.8 Å². The zero-order valence-electron chi connectivity index (χ0n) is 28.3. The number of hydrogen-bond donors (Lipinski definition) is 1. The molecule has 0 bridgehead atoms. The topological polar surface area (TPSA) is 107 Å². The highest BCUT2D eigenvalue weighted by molar-refractivity contribution is 7.20. The van der Waals surface area contributed by atoms with E-state index in [4.69, 9.17) is 14.3 Å². The largest absolute Gasteiger partial charge is 0.497 e. The van der Waals surface area contributed by atoms with Crippen molar-refractivity contribution in [2.45, 2.75) is 69.9 Å². The van der Waals surface area contributed by atoms with E-state index in [1.165, 1.54) is 11.3 Å². The Bertz CT molecular complexity index is 1850. The Hall–Kier alpha value is -4.70. The Labute approximate surface area is 296 Å². The van der Waals surface area contributed by atoms with Crippen molar-refractivity contribution in [3.8, 4) is 16.7 Å². The molecule has 5 atom stereocenters. The number of nitrogens with one attached hydrogen (secondary N) is 1. The first-order chi connectivity index (χ1) is 24.4. The van der Waals surface area contributed by atoms with Gasteiger partial charge >= 0.3 is 0 Å². The van der Waals surface area contributed by atoms with Gasteiger partial charge in [-0.25, -0.2) is 4.98 Å². The molecule has 1 saturated heterocycles. The van der Waals surface area contributed by atoms with Crippen LogP contribution in [0.1, 0.15) is 56.9 Å². The van der Waals surface area contributed by atoms with E-state index in [-0.39, 0.29) is 42.4 Å². The number of para-hydroxylation sites is 1. The van der Waals surface area contributed by atoms with E-state index in [0.29, 0.717) is 30.2 Å². The summed E-state index contributed by atoms with van der Waals surface area (Å²) in [6.07, 6.45) is 9.88. The Morgan fingerprint density at radius 3 is 2.60 bits per heavy atom. The third kappa shape index (κ3) is 7.55. The van der Waals surface area contributed by atoms with Crippen LogP contribution in [0.25, 0.3) is 10.2 Å². The van der Waals surface area contributed by atoms with Gasteiger partial charge in [-0.05, 0) is 73.9 Å². The van der Waals surface area contributed by atoms with Crippen LogP contribution in [0.5, 0.6) is 16.7 Å². The van der Waals surface area contributed by atoms with Crippen LogP contribution in [0, 0.1) is 17.3 Å². The number of hydroxylamine groups is 1. The maximum absolute atomic E-state index is 14.6. The van der Waals surface area contributed by atoms with Gasteiger partial charge in [-0.1, -0.05) is 84.9 Å². The molecule has 9 nitrogen and oxygen atoms in total. The number of fused-ring (bicyclic) bond motifs is 3. The van der Waals surface area contributed by atoms with Crippen molar-refractivity contribution in [2.75, 3.05) is 13.7 Å². The number of benzene rings is 3. The van der Waals surface area contributed by atoms with Gasteiger partial charge in [0.25, 0.3) is 11.1 Å². The van der Waals surface area contributed by atoms with Crippen LogP contribution in [0.2, 0.25) is 0 Å². The molecular weight excluding hydrogens is 651 g/mol. The van der Waals surface area contributed by atoms with E-state index in [1.807, 2.05) is 54.6 Å². The molecule has 0 radical (unpaired) electrons. The molecule has 3 heterocycles. The van der Waals surface area contributed by atoms with Crippen molar-refractivity contribution in [1.82, 2.24) is 15.4 Å². The fraction of sp³-hybridized carbons (Fsp3) is 0.400. The quantitative estimate of drug-likeness (QED) is 0.155. The van der Waals surface area contributed by atoms with Crippen LogP contribution in [-0.2, 0) is 20.8 Å². The predicted molar refractivity (Wildman–Crippen MR) is 192 cm³/mol. The van der Waals surface area contributed by atoms with Crippen LogP contribution in [0.15, 0.2) is 91.0 Å². The van der Waals surface area contributed by atoms with Crippen molar-refractivity contribution in [3.05, 3.63) is 96.6 Å². The average Bonchev–Trinajstić information content (AvgIpc) is 3.44. The van der Waals surface area contributed by atoms with Crippen LogP contribution in [-0.4, -0.2) is 53.3 Å². The molecule has 3 aromatic carbocycles. The number of allylic oxidation sites excluding steroid dienone is 2. The summed E-state index contributed by atoms with van der Waals surface area (Å²) in [7, 11) is 1.63. The monoisotopic (exact) mass is 693 g/mol. The lowest BCUT2D eigenvalue weighted by Crippen LogP contribution is -2.46. The number of rotatable bonds is 8. The first kappa shape index (κ1) is 33.8. The Morgan fingerprint density at radius 1 is 1.00 bits per heavy atom. The average molecular weight is 694 g/mol. The summed E-state index contributed by atoms with van der Waals surface area (Å²) in [4.78, 5) is 54.9. The van der Waals surface area contributed by atoms with Gasteiger partial charge in [-0.3, -0.25) is 14.4 Å². The maximum atomic E-state index is 14.6. The molecule has 1 N–H and O–H groups in total. The Morgan fingerprint density at radius 2 is 1.80 bits per heavy atom. The zero-order valence-corrected chi connectivity index (χ0v) is 29.1. The second-order valence-electron chi connectivity index (χ2n) is 13.7. The Balaban J connectivity index is 1.16. The number of ether oxygens (including phenoxy) is 2. The van der Waals surface area contributed by atoms with Gasteiger partial charge in [0.2, 0.25) is 5.91 Å². The maximum Gasteiger partial charge on any atom is 0.274 e. The van der Waals surface area contributed by atoms with Gasteiger partial charge in [0, 0.05) is 18.8 Å². The van der Waals surface area contributed by atoms with Crippen LogP contribution in [0.3, 0.4) is 0 Å². The van der Waals surface area contributed by atoms with E-state index >= 15 is 0 Å². The molecule has 7 rings (SSSR count). The van der Waals surface area contributed by atoms with Gasteiger partial charge in [0.1, 0.15) is 11.9 Å². The van der Waals surface area contributed by atoms with Gasteiger partial charge in [0.05, 0.1) is 35.3 Å². The summed E-state index contributed by atoms with van der Waals surface area (Å²) in [5.74, 6) is 0.422. The van der Waals surface area contributed by atoms with Gasteiger partial charge < -0.3 is 19.2 Å². The summed E-state index contributed by atoms with van der Waals surface area (Å²) in [5, 5.41) is 0.489. The molecule has 260 valence electrons. The van der Waals surface area contributed by atoms with Crippen LogP contribution in [0.4, 0.5) is 0 Å². The van der Waals surface area contributed by atoms with Crippen LogP contribution >= 0.6 is 11.3 Å². The highest BCUT2D eigenvalue weighted by Gasteiger charge is 2.61. The minimum Gasteiger partial charge on any atom is -0.497 e. The molecule has 50 heavy (non-hydrogen) atoms. The lowest BCUT2D eigenvalue weighted by atomic mass is 9.90.